The first kappa shape index (κ1) is 12.1. The minimum atomic E-state index is -0.276. The van der Waals surface area contributed by atoms with Crippen LogP contribution in [-0.2, 0) is 0 Å². The van der Waals surface area contributed by atoms with E-state index in [-0.39, 0.29) is 17.6 Å². The average Bonchev–Trinajstić information content (AvgIpc) is 3.02. The van der Waals surface area contributed by atoms with Crippen LogP contribution in [-0.4, -0.2) is 16.3 Å². The third-order valence-corrected chi connectivity index (χ3v) is 4.12. The van der Waals surface area contributed by atoms with Crippen molar-refractivity contribution in [1.29, 1.82) is 0 Å². The van der Waals surface area contributed by atoms with Crippen LogP contribution in [0.5, 0.6) is 5.88 Å². The van der Waals surface area contributed by atoms with Gasteiger partial charge in [-0.15, -0.1) is 0 Å². The van der Waals surface area contributed by atoms with E-state index in [4.69, 9.17) is 0 Å². The molecule has 1 aromatic heterocycles. The summed E-state index contributed by atoms with van der Waals surface area (Å²) in [7, 11) is 0. The summed E-state index contributed by atoms with van der Waals surface area (Å²) in [5.41, 5.74) is 5.74. The normalized spacial score (nSPS) is 22.5. The van der Waals surface area contributed by atoms with Gasteiger partial charge in [-0.25, -0.2) is 4.39 Å². The van der Waals surface area contributed by atoms with E-state index in [1.165, 1.54) is 12.1 Å². The van der Waals surface area contributed by atoms with Gasteiger partial charge in [0.05, 0.1) is 5.69 Å². The fourth-order valence-corrected chi connectivity index (χ4v) is 3.05. The Morgan fingerprint density at radius 1 is 1.24 bits per heavy atom. The predicted molar refractivity (Wildman–Crippen MR) is 81.4 cm³/mol. The summed E-state index contributed by atoms with van der Waals surface area (Å²) in [5, 5.41) is 9.61. The van der Waals surface area contributed by atoms with E-state index in [0.717, 1.165) is 28.0 Å². The molecule has 4 heteroatoms. The maximum absolute atomic E-state index is 13.3. The van der Waals surface area contributed by atoms with Gasteiger partial charge in [0.25, 0.3) is 0 Å². The molecule has 1 atom stereocenters. The topological polar surface area (TPSA) is 48.4 Å². The van der Waals surface area contributed by atoms with E-state index in [1.54, 1.807) is 18.3 Å². The first-order valence-corrected chi connectivity index (χ1v) is 6.81. The molecule has 0 saturated heterocycles. The molecule has 2 aromatic rings. The summed E-state index contributed by atoms with van der Waals surface area (Å²) in [6.45, 7) is 2.09. The molecule has 3 nitrogen and oxygen atoms in total. The first-order valence-electron chi connectivity index (χ1n) is 6.81. The average molecular weight is 280 g/mol. The van der Waals surface area contributed by atoms with Gasteiger partial charge in [-0.2, -0.15) is 0 Å². The van der Waals surface area contributed by atoms with Crippen LogP contribution in [0.1, 0.15) is 29.7 Å². The highest BCUT2D eigenvalue weighted by Gasteiger charge is 2.24. The number of H-pyrrole nitrogens is 1. The molecule has 1 aliphatic carbocycles. The van der Waals surface area contributed by atoms with Crippen LogP contribution in [0.25, 0.3) is 11.6 Å². The van der Waals surface area contributed by atoms with Crippen LogP contribution in [0, 0.1) is 5.82 Å². The number of aromatic hydroxyl groups is 1. The van der Waals surface area contributed by atoms with Crippen LogP contribution in [0.2, 0.25) is 0 Å². The Bertz CT molecular complexity index is 842. The van der Waals surface area contributed by atoms with Crippen LogP contribution >= 0.6 is 0 Å². The number of nitrogens with zero attached hydrogens (tertiary/aromatic N) is 1. The fraction of sp³-hybridized carbons (Fsp3) is 0.118. The predicted octanol–water partition coefficient (Wildman–Crippen LogP) is 4.16. The lowest BCUT2D eigenvalue weighted by Gasteiger charge is -2.19. The SMILES string of the molecule is CC1C(=C2C=Nc3cc(F)ccc32)C=Cc2[nH]c(O)cc21. The van der Waals surface area contributed by atoms with Crippen molar-refractivity contribution in [2.45, 2.75) is 12.8 Å². The molecular formula is C17H13FN2O. The maximum atomic E-state index is 13.3. The van der Waals surface area contributed by atoms with Crippen LogP contribution in [0.3, 0.4) is 0 Å². The summed E-state index contributed by atoms with van der Waals surface area (Å²) in [4.78, 5) is 7.23. The Labute approximate surface area is 121 Å². The van der Waals surface area contributed by atoms with Crippen molar-refractivity contribution in [1.82, 2.24) is 4.98 Å². The summed E-state index contributed by atoms with van der Waals surface area (Å²) in [6.07, 6.45) is 5.77. The smallest absolute Gasteiger partial charge is 0.188 e. The molecule has 0 saturated carbocycles. The zero-order valence-electron chi connectivity index (χ0n) is 11.4. The number of allylic oxidation sites excluding steroid dienone is 3. The van der Waals surface area contributed by atoms with E-state index < -0.39 is 0 Å². The van der Waals surface area contributed by atoms with Gasteiger partial charge in [0.1, 0.15) is 5.82 Å². The van der Waals surface area contributed by atoms with Crippen LogP contribution in [0.4, 0.5) is 10.1 Å². The molecule has 2 heterocycles. The lowest BCUT2D eigenvalue weighted by Crippen LogP contribution is -2.04. The van der Waals surface area contributed by atoms with Crippen molar-refractivity contribution in [3.63, 3.8) is 0 Å². The molecule has 1 aromatic carbocycles. The number of aromatic nitrogens is 1. The van der Waals surface area contributed by atoms with E-state index in [9.17, 15) is 9.50 Å². The number of aromatic amines is 1. The molecule has 0 radical (unpaired) electrons. The highest BCUT2D eigenvalue weighted by Crippen LogP contribution is 2.42. The molecule has 2 N–H and O–H groups in total. The molecule has 0 spiro atoms. The Balaban J connectivity index is 1.87. The fourth-order valence-electron chi connectivity index (χ4n) is 3.05. The molecule has 2 aliphatic rings. The Morgan fingerprint density at radius 2 is 2.10 bits per heavy atom. The monoisotopic (exact) mass is 280 g/mol. The second-order valence-corrected chi connectivity index (χ2v) is 5.37. The quantitative estimate of drug-likeness (QED) is 0.748. The van der Waals surface area contributed by atoms with Crippen LogP contribution in [0.15, 0.2) is 40.9 Å². The van der Waals surface area contributed by atoms with Gasteiger partial charge in [-0.05, 0) is 29.3 Å². The van der Waals surface area contributed by atoms with Crippen molar-refractivity contribution < 1.29 is 9.50 Å². The van der Waals surface area contributed by atoms with Gasteiger partial charge < -0.3 is 10.1 Å². The highest BCUT2D eigenvalue weighted by molar-refractivity contribution is 6.18. The number of fused-ring (bicyclic) bond motifs is 2. The molecule has 1 unspecified atom stereocenters. The zero-order valence-corrected chi connectivity index (χ0v) is 11.4. The van der Waals surface area contributed by atoms with Gasteiger partial charge in [-0.3, -0.25) is 4.99 Å². The Kier molecular flexibility index (Phi) is 2.42. The van der Waals surface area contributed by atoms with Gasteiger partial charge >= 0.3 is 0 Å². The summed E-state index contributed by atoms with van der Waals surface area (Å²) < 4.78 is 13.3. The second kappa shape index (κ2) is 4.19. The van der Waals surface area contributed by atoms with Gasteiger partial charge in [0, 0.05) is 41.1 Å². The molecule has 0 amide bonds. The number of hydrogen-bond acceptors (Lipinski definition) is 2. The minimum absolute atomic E-state index is 0.139. The van der Waals surface area contributed by atoms with E-state index in [2.05, 4.69) is 16.9 Å². The molecule has 0 fully saturated rings. The second-order valence-electron chi connectivity index (χ2n) is 5.37. The molecule has 21 heavy (non-hydrogen) atoms. The summed E-state index contributed by atoms with van der Waals surface area (Å²) in [5.74, 6) is 0.0344. The van der Waals surface area contributed by atoms with Crippen molar-refractivity contribution in [3.8, 4) is 5.88 Å². The number of hydrogen-bond donors (Lipinski definition) is 2. The molecule has 0 bridgehead atoms. The highest BCUT2D eigenvalue weighted by atomic mass is 19.1. The van der Waals surface area contributed by atoms with Gasteiger partial charge in [0.2, 0.25) is 0 Å². The summed E-state index contributed by atoms with van der Waals surface area (Å²) >= 11 is 0. The van der Waals surface area contributed by atoms with E-state index in [1.807, 2.05) is 12.2 Å². The third-order valence-electron chi connectivity index (χ3n) is 4.12. The van der Waals surface area contributed by atoms with E-state index in [0.29, 0.717) is 5.69 Å². The zero-order chi connectivity index (χ0) is 14.6. The Morgan fingerprint density at radius 3 is 2.95 bits per heavy atom. The number of nitrogens with one attached hydrogen (secondary N) is 1. The molecular weight excluding hydrogens is 267 g/mol. The van der Waals surface area contributed by atoms with Gasteiger partial charge in [-0.1, -0.05) is 13.0 Å². The van der Waals surface area contributed by atoms with Crippen molar-refractivity contribution >= 4 is 23.6 Å². The number of halogens is 1. The van der Waals surface area contributed by atoms with Gasteiger partial charge in [0.15, 0.2) is 5.88 Å². The lowest BCUT2D eigenvalue weighted by atomic mass is 9.84. The standard InChI is InChI=1S/C17H13FN2O/c1-9-11(4-5-15-13(9)7-17(21)20-15)14-8-19-16-6-10(18)2-3-12(14)16/h2-9,20-21H,1H3. The number of benzene rings is 1. The maximum Gasteiger partial charge on any atom is 0.188 e. The minimum Gasteiger partial charge on any atom is -0.495 e. The van der Waals surface area contributed by atoms with Crippen molar-refractivity contribution in [3.05, 3.63) is 58.6 Å². The van der Waals surface area contributed by atoms with Crippen LogP contribution < -0.4 is 0 Å². The molecule has 4 rings (SSSR count). The van der Waals surface area contributed by atoms with Crippen molar-refractivity contribution in [2.75, 3.05) is 0 Å². The number of rotatable bonds is 0. The number of aliphatic imine (C=N–C) groups is 1. The van der Waals surface area contributed by atoms with Crippen molar-refractivity contribution in [2.24, 2.45) is 4.99 Å². The molecule has 1 aliphatic heterocycles. The Hall–Kier alpha value is -2.62. The van der Waals surface area contributed by atoms with E-state index >= 15 is 0 Å². The summed E-state index contributed by atoms with van der Waals surface area (Å²) in [6, 6.07) is 6.43. The largest absolute Gasteiger partial charge is 0.495 e. The lowest BCUT2D eigenvalue weighted by molar-refractivity contribution is 0.456. The third kappa shape index (κ3) is 1.76. The first-order chi connectivity index (χ1) is 10.1. The molecule has 104 valence electrons.